The molecule has 3 rings (SSSR count). The summed E-state index contributed by atoms with van der Waals surface area (Å²) in [5.74, 6) is -5.44. The van der Waals surface area contributed by atoms with Crippen LogP contribution in [-0.4, -0.2) is 50.5 Å². The second kappa shape index (κ2) is 10.7. The van der Waals surface area contributed by atoms with Crippen LogP contribution in [0.25, 0.3) is 0 Å². The minimum Gasteiger partial charge on any atom is -0.429 e. The first-order chi connectivity index (χ1) is 16.2. The molecule has 2 atom stereocenters. The van der Waals surface area contributed by atoms with Gasteiger partial charge in [0.1, 0.15) is 35.2 Å². The zero-order valence-electron chi connectivity index (χ0n) is 18.4. The Bertz CT molecular complexity index is 825. The molecule has 14 heteroatoms. The van der Waals surface area contributed by atoms with Crippen molar-refractivity contribution in [3.63, 3.8) is 0 Å². The van der Waals surface area contributed by atoms with Gasteiger partial charge in [-0.05, 0) is 25.2 Å². The molecule has 5 nitrogen and oxygen atoms in total. The molecule has 0 saturated carbocycles. The summed E-state index contributed by atoms with van der Waals surface area (Å²) in [6.45, 7) is 0.556. The van der Waals surface area contributed by atoms with Gasteiger partial charge in [-0.25, -0.2) is 8.78 Å². The Kier molecular flexibility index (Phi) is 8.49. The molecule has 0 bridgehead atoms. The fraction of sp³-hybridized carbons (Fsp3) is 0.714. The van der Waals surface area contributed by atoms with Crippen LogP contribution in [0, 0.1) is 17.6 Å². The van der Waals surface area contributed by atoms with E-state index in [1.165, 1.54) is 0 Å². The van der Waals surface area contributed by atoms with E-state index in [2.05, 4.69) is 18.9 Å². The van der Waals surface area contributed by atoms with Crippen molar-refractivity contribution in [1.82, 2.24) is 0 Å². The molecule has 35 heavy (non-hydrogen) atoms. The highest BCUT2D eigenvalue weighted by Gasteiger charge is 2.51. The van der Waals surface area contributed by atoms with E-state index in [4.69, 9.17) is 4.74 Å². The van der Waals surface area contributed by atoms with Crippen LogP contribution >= 0.6 is 0 Å². The second-order valence-corrected chi connectivity index (χ2v) is 8.28. The van der Waals surface area contributed by atoms with Crippen molar-refractivity contribution in [2.45, 2.75) is 69.5 Å². The number of ether oxygens (including phenoxy) is 5. The van der Waals surface area contributed by atoms with Crippen molar-refractivity contribution in [3.8, 4) is 5.75 Å². The average Bonchev–Trinajstić information content (AvgIpc) is 2.72. The topological polar surface area (TPSA) is 46.2 Å². The van der Waals surface area contributed by atoms with Crippen LogP contribution in [0.4, 0.5) is 39.5 Å². The van der Waals surface area contributed by atoms with Gasteiger partial charge in [0.25, 0.3) is 6.29 Å². The molecule has 0 aromatic heterocycles. The van der Waals surface area contributed by atoms with Crippen molar-refractivity contribution < 1.29 is 63.2 Å². The fourth-order valence-corrected chi connectivity index (χ4v) is 3.84. The first-order valence-electron chi connectivity index (χ1n) is 10.8. The molecule has 0 amide bonds. The maximum atomic E-state index is 14.4. The third kappa shape index (κ3) is 6.92. The van der Waals surface area contributed by atoms with Gasteiger partial charge in [-0.1, -0.05) is 13.3 Å². The molecule has 200 valence electrons. The smallest absolute Gasteiger partial charge is 0.429 e. The molecule has 1 aromatic rings. The van der Waals surface area contributed by atoms with Gasteiger partial charge in [0.15, 0.2) is 0 Å². The molecular formula is C21H23F9O5. The number of rotatable bonds is 8. The maximum absolute atomic E-state index is 14.4. The van der Waals surface area contributed by atoms with Gasteiger partial charge in [-0.3, -0.25) is 0 Å². The monoisotopic (exact) mass is 526 g/mol. The highest BCUT2D eigenvalue weighted by molar-refractivity contribution is 5.32. The van der Waals surface area contributed by atoms with Crippen molar-refractivity contribution in [2.75, 3.05) is 19.8 Å². The maximum Gasteiger partial charge on any atom is 0.451 e. The van der Waals surface area contributed by atoms with Gasteiger partial charge in [-0.2, -0.15) is 30.7 Å². The van der Waals surface area contributed by atoms with E-state index in [9.17, 15) is 39.5 Å². The van der Waals surface area contributed by atoms with Gasteiger partial charge in [0.05, 0.1) is 19.8 Å². The van der Waals surface area contributed by atoms with Gasteiger partial charge < -0.3 is 23.7 Å². The number of hydrogen-bond donors (Lipinski definition) is 0. The molecule has 1 aromatic carbocycles. The summed E-state index contributed by atoms with van der Waals surface area (Å²) < 4.78 is 146. The van der Waals surface area contributed by atoms with Gasteiger partial charge in [0, 0.05) is 12.1 Å². The van der Waals surface area contributed by atoms with Crippen LogP contribution in [0.1, 0.15) is 38.2 Å². The van der Waals surface area contributed by atoms with Crippen molar-refractivity contribution in [3.05, 3.63) is 29.3 Å². The average molecular weight is 526 g/mol. The quantitative estimate of drug-likeness (QED) is 0.395. The van der Waals surface area contributed by atoms with Crippen molar-refractivity contribution in [2.24, 2.45) is 5.92 Å². The molecule has 0 aliphatic carbocycles. The molecule has 2 heterocycles. The van der Waals surface area contributed by atoms with E-state index in [-0.39, 0.29) is 31.1 Å². The molecule has 2 unspecified atom stereocenters. The second-order valence-electron chi connectivity index (χ2n) is 8.28. The summed E-state index contributed by atoms with van der Waals surface area (Å²) in [4.78, 5) is 0. The van der Waals surface area contributed by atoms with Gasteiger partial charge in [0.2, 0.25) is 0 Å². The molecule has 2 fully saturated rings. The molecule has 2 saturated heterocycles. The lowest BCUT2D eigenvalue weighted by Crippen LogP contribution is -2.52. The Morgan fingerprint density at radius 2 is 1.46 bits per heavy atom. The minimum atomic E-state index is -5.40. The van der Waals surface area contributed by atoms with Crippen LogP contribution in [0.3, 0.4) is 0 Å². The predicted molar refractivity (Wildman–Crippen MR) is 99.8 cm³/mol. The van der Waals surface area contributed by atoms with Gasteiger partial charge >= 0.3 is 18.4 Å². The standard InChI is InChI=1S/C21H23F9O5/c1-2-3-11-4-5-16(31-8-11)20(27,28)35-13-9-32-18(33-10-13)21(29,30)34-12-6-14(22)17(15(23)7-12)19(24,25)26/h6-7,11,13,16,18H,2-5,8-10H2,1H3. The first kappa shape index (κ1) is 27.8. The summed E-state index contributed by atoms with van der Waals surface area (Å²) >= 11 is 0. The summed E-state index contributed by atoms with van der Waals surface area (Å²) in [5, 5.41) is 0. The van der Waals surface area contributed by atoms with E-state index < -0.39 is 73.1 Å². The van der Waals surface area contributed by atoms with E-state index in [0.29, 0.717) is 6.42 Å². The third-order valence-electron chi connectivity index (χ3n) is 5.46. The van der Waals surface area contributed by atoms with Crippen molar-refractivity contribution in [1.29, 1.82) is 0 Å². The summed E-state index contributed by atoms with van der Waals surface area (Å²) in [6, 6.07) is -0.158. The summed E-state index contributed by atoms with van der Waals surface area (Å²) in [6.07, 6.45) is -16.8. The highest BCUT2D eigenvalue weighted by atomic mass is 19.4. The Balaban J connectivity index is 1.54. The van der Waals surface area contributed by atoms with E-state index in [1.54, 1.807) is 0 Å². The van der Waals surface area contributed by atoms with Crippen LogP contribution in [0.5, 0.6) is 5.75 Å². The lowest BCUT2D eigenvalue weighted by Gasteiger charge is -2.37. The number of alkyl halides is 7. The minimum absolute atomic E-state index is 0.0425. The Morgan fingerprint density at radius 1 is 0.857 bits per heavy atom. The third-order valence-corrected chi connectivity index (χ3v) is 5.46. The largest absolute Gasteiger partial charge is 0.451 e. The van der Waals surface area contributed by atoms with Crippen LogP contribution < -0.4 is 4.74 Å². The molecule has 2 aliphatic heterocycles. The lowest BCUT2D eigenvalue weighted by atomic mass is 9.94. The summed E-state index contributed by atoms with van der Waals surface area (Å²) in [7, 11) is 0. The fourth-order valence-electron chi connectivity index (χ4n) is 3.84. The number of halogens is 9. The molecule has 0 radical (unpaired) electrons. The Hall–Kier alpha value is -1.77. The number of benzene rings is 1. The van der Waals surface area contributed by atoms with Crippen LogP contribution in [-0.2, 0) is 25.1 Å². The highest BCUT2D eigenvalue weighted by Crippen LogP contribution is 2.38. The SMILES string of the molecule is CCCC1CCC(C(F)(F)OC2COC(C(F)(F)Oc3cc(F)c(C(F)(F)F)c(F)c3)OC2)OC1. The molecular weight excluding hydrogens is 503 g/mol. The predicted octanol–water partition coefficient (Wildman–Crippen LogP) is 5.90. The van der Waals surface area contributed by atoms with E-state index >= 15 is 0 Å². The normalized spacial score (nSPS) is 26.6. The van der Waals surface area contributed by atoms with Gasteiger partial charge in [-0.15, -0.1) is 0 Å². The van der Waals surface area contributed by atoms with Crippen LogP contribution in [0.2, 0.25) is 0 Å². The van der Waals surface area contributed by atoms with E-state index in [1.807, 2.05) is 6.92 Å². The molecule has 2 aliphatic rings. The van der Waals surface area contributed by atoms with Crippen molar-refractivity contribution >= 4 is 0 Å². The summed E-state index contributed by atoms with van der Waals surface area (Å²) in [5.41, 5.74) is -2.28. The molecule has 0 spiro atoms. The van der Waals surface area contributed by atoms with Crippen LogP contribution in [0.15, 0.2) is 12.1 Å². The first-order valence-corrected chi connectivity index (χ1v) is 10.8. The number of hydrogen-bond acceptors (Lipinski definition) is 5. The zero-order chi connectivity index (χ0) is 26.0. The van der Waals surface area contributed by atoms with E-state index in [0.717, 1.165) is 12.8 Å². The Labute approximate surface area is 194 Å². The lowest BCUT2D eigenvalue weighted by molar-refractivity contribution is -0.386. The Morgan fingerprint density at radius 3 is 1.94 bits per heavy atom. The zero-order valence-corrected chi connectivity index (χ0v) is 18.4. The molecule has 0 N–H and O–H groups in total.